The molecule has 0 radical (unpaired) electrons. The van der Waals surface area contributed by atoms with E-state index in [-0.39, 0.29) is 0 Å². The first-order chi connectivity index (χ1) is 16.9. The van der Waals surface area contributed by atoms with Crippen LogP contribution in [0.2, 0.25) is 13.1 Å². The van der Waals surface area contributed by atoms with Crippen molar-refractivity contribution in [3.8, 4) is 5.75 Å². The molecule has 2 aromatic carbocycles. The summed E-state index contributed by atoms with van der Waals surface area (Å²) >= 11 is 0. The first kappa shape index (κ1) is 27.3. The number of hydrogen-bond donors (Lipinski definition) is 0. The Labute approximate surface area is 215 Å². The highest BCUT2D eigenvalue weighted by Crippen LogP contribution is 2.44. The largest absolute Gasteiger partial charge is 0.501 e. The Hall–Kier alpha value is -2.26. The van der Waals surface area contributed by atoms with Crippen molar-refractivity contribution in [2.75, 3.05) is 13.7 Å². The second-order valence-electron chi connectivity index (χ2n) is 10.7. The van der Waals surface area contributed by atoms with Gasteiger partial charge in [0.1, 0.15) is 18.1 Å². The fraction of sp³-hybridized carbons (Fsp3) is 0.500. The molecule has 3 heteroatoms. The summed E-state index contributed by atoms with van der Waals surface area (Å²) in [6.07, 6.45) is 13.9. The smallest absolute Gasteiger partial charge is 0.125 e. The first-order valence-corrected chi connectivity index (χ1v) is 17.0. The molecule has 3 rings (SSSR count). The van der Waals surface area contributed by atoms with Crippen molar-refractivity contribution < 1.29 is 9.47 Å². The molecule has 0 N–H and O–H groups in total. The van der Waals surface area contributed by atoms with Crippen molar-refractivity contribution in [3.05, 3.63) is 82.6 Å². The van der Waals surface area contributed by atoms with Gasteiger partial charge in [-0.2, -0.15) is 0 Å². The number of ether oxygens (including phenoxy) is 2. The average molecular weight is 491 g/mol. The topological polar surface area (TPSA) is 18.5 Å². The van der Waals surface area contributed by atoms with E-state index in [1.807, 2.05) is 13.2 Å². The van der Waals surface area contributed by atoms with Crippen LogP contribution in [-0.4, -0.2) is 21.8 Å². The van der Waals surface area contributed by atoms with Gasteiger partial charge in [0.05, 0.1) is 15.2 Å². The lowest BCUT2D eigenvalue weighted by Gasteiger charge is -2.33. The number of aryl methyl sites for hydroxylation is 2. The van der Waals surface area contributed by atoms with E-state index in [2.05, 4.69) is 76.0 Å². The highest BCUT2D eigenvalue weighted by atomic mass is 28.3. The Kier molecular flexibility index (Phi) is 10.3. The second kappa shape index (κ2) is 13.2. The van der Waals surface area contributed by atoms with Crippen LogP contribution in [0, 0.1) is 0 Å². The van der Waals surface area contributed by atoms with E-state index in [1.54, 1.807) is 0 Å². The number of rotatable bonds is 15. The molecule has 0 bridgehead atoms. The van der Waals surface area contributed by atoms with Gasteiger partial charge in [-0.1, -0.05) is 102 Å². The lowest BCUT2D eigenvalue weighted by molar-refractivity contribution is 0.284. The zero-order valence-electron chi connectivity index (χ0n) is 22.8. The fourth-order valence-corrected chi connectivity index (χ4v) is 9.16. The highest BCUT2D eigenvalue weighted by Gasteiger charge is 2.41. The van der Waals surface area contributed by atoms with Gasteiger partial charge in [0, 0.05) is 5.54 Å². The van der Waals surface area contributed by atoms with Crippen LogP contribution >= 0.6 is 0 Å². The Balaban J connectivity index is 2.01. The average Bonchev–Trinajstić information content (AvgIpc) is 3.23. The number of allylic oxidation sites excluding steroid dienone is 1. The van der Waals surface area contributed by atoms with Gasteiger partial charge in [0.2, 0.25) is 0 Å². The Morgan fingerprint density at radius 3 is 2.31 bits per heavy atom. The van der Waals surface area contributed by atoms with Crippen molar-refractivity contribution in [2.24, 2.45) is 0 Å². The molecule has 2 aromatic rings. The number of unbranched alkanes of at least 4 members (excludes halogenated alkanes) is 4. The van der Waals surface area contributed by atoms with Gasteiger partial charge in [-0.05, 0) is 65.6 Å². The quantitative estimate of drug-likeness (QED) is 0.141. The molecule has 0 fully saturated rings. The molecular formula is C32H46O2Si. The summed E-state index contributed by atoms with van der Waals surface area (Å²) < 4.78 is 12.4. The normalized spacial score (nSPS) is 15.0. The molecule has 0 aromatic heterocycles. The van der Waals surface area contributed by atoms with Crippen LogP contribution in [0.5, 0.6) is 5.75 Å². The molecule has 1 unspecified atom stereocenters. The lowest BCUT2D eigenvalue weighted by atomic mass is 9.97. The van der Waals surface area contributed by atoms with Crippen LogP contribution in [0.25, 0.3) is 6.08 Å². The van der Waals surface area contributed by atoms with E-state index in [0.29, 0.717) is 12.1 Å². The summed E-state index contributed by atoms with van der Waals surface area (Å²) in [6, 6.07) is 14.8. The first-order valence-electron chi connectivity index (χ1n) is 13.7. The van der Waals surface area contributed by atoms with Crippen molar-refractivity contribution in [3.63, 3.8) is 0 Å². The Morgan fingerprint density at radius 2 is 1.63 bits per heavy atom. The van der Waals surface area contributed by atoms with Crippen LogP contribution in [0.3, 0.4) is 0 Å². The Bertz CT molecular complexity index is 1000. The Morgan fingerprint density at radius 1 is 0.943 bits per heavy atom. The number of methoxy groups -OCH3 is 1. The maximum Gasteiger partial charge on any atom is 0.125 e. The lowest BCUT2D eigenvalue weighted by Crippen LogP contribution is -2.39. The summed E-state index contributed by atoms with van der Waals surface area (Å²) in [5, 5.41) is 0. The summed E-state index contributed by atoms with van der Waals surface area (Å²) in [7, 11) is -0.0108. The number of benzene rings is 2. The van der Waals surface area contributed by atoms with Gasteiger partial charge in [0.25, 0.3) is 0 Å². The number of hydrogen-bond acceptors (Lipinski definition) is 2. The molecule has 1 aliphatic rings. The highest BCUT2D eigenvalue weighted by molar-refractivity contribution is 6.79. The third-order valence-corrected chi connectivity index (χ3v) is 10.8. The maximum atomic E-state index is 6.42. The maximum absolute atomic E-state index is 6.42. The van der Waals surface area contributed by atoms with Gasteiger partial charge in [-0.15, -0.1) is 0 Å². The van der Waals surface area contributed by atoms with E-state index < -0.39 is 8.07 Å². The summed E-state index contributed by atoms with van der Waals surface area (Å²) in [6.45, 7) is 14.1. The van der Waals surface area contributed by atoms with E-state index in [9.17, 15) is 0 Å². The molecule has 1 aliphatic carbocycles. The van der Waals surface area contributed by atoms with Crippen LogP contribution in [0.4, 0.5) is 0 Å². The van der Waals surface area contributed by atoms with Crippen molar-refractivity contribution >= 4 is 14.1 Å². The minimum Gasteiger partial charge on any atom is -0.501 e. The number of fused-ring (bicyclic) bond motifs is 1. The zero-order valence-corrected chi connectivity index (χ0v) is 23.8. The van der Waals surface area contributed by atoms with Gasteiger partial charge in [-0.3, -0.25) is 0 Å². The molecule has 0 amide bonds. The van der Waals surface area contributed by atoms with Gasteiger partial charge < -0.3 is 9.47 Å². The SMILES string of the molecule is C=CCOc1c(CCCCC)cc(CCCCC)cc1C[Si](C)(C)C1C(OC)=Cc2ccccc21. The molecule has 2 nitrogen and oxygen atoms in total. The minimum absolute atomic E-state index is 0.364. The van der Waals surface area contributed by atoms with E-state index in [1.165, 1.54) is 66.3 Å². The minimum atomic E-state index is -1.84. The predicted octanol–water partition coefficient (Wildman–Crippen LogP) is 8.83. The predicted molar refractivity (Wildman–Crippen MR) is 154 cm³/mol. The van der Waals surface area contributed by atoms with Crippen LogP contribution in [0.1, 0.15) is 85.7 Å². The third-order valence-electron chi connectivity index (χ3n) is 7.32. The molecule has 0 heterocycles. The summed E-state index contributed by atoms with van der Waals surface area (Å²) in [5.41, 5.74) is 7.36. The van der Waals surface area contributed by atoms with Crippen molar-refractivity contribution in [1.82, 2.24) is 0 Å². The third kappa shape index (κ3) is 6.91. The molecule has 0 spiro atoms. The van der Waals surface area contributed by atoms with Gasteiger partial charge in [-0.25, -0.2) is 0 Å². The molecule has 190 valence electrons. The molecule has 0 saturated heterocycles. The second-order valence-corrected chi connectivity index (χ2v) is 15.6. The fourth-order valence-electron chi connectivity index (χ4n) is 5.63. The van der Waals surface area contributed by atoms with E-state index in [4.69, 9.17) is 9.47 Å². The molecule has 0 saturated carbocycles. The summed E-state index contributed by atoms with van der Waals surface area (Å²) in [4.78, 5) is 0. The van der Waals surface area contributed by atoms with Crippen LogP contribution in [-0.2, 0) is 23.6 Å². The van der Waals surface area contributed by atoms with E-state index >= 15 is 0 Å². The molecule has 0 aliphatic heterocycles. The zero-order chi connectivity index (χ0) is 25.3. The molecule has 1 atom stereocenters. The van der Waals surface area contributed by atoms with E-state index in [0.717, 1.165) is 30.4 Å². The summed E-state index contributed by atoms with van der Waals surface area (Å²) in [5.74, 6) is 2.24. The van der Waals surface area contributed by atoms with Crippen LogP contribution < -0.4 is 4.74 Å². The van der Waals surface area contributed by atoms with Gasteiger partial charge >= 0.3 is 0 Å². The van der Waals surface area contributed by atoms with Crippen molar-refractivity contribution in [2.45, 2.75) is 89.9 Å². The monoisotopic (exact) mass is 490 g/mol. The standard InChI is InChI=1S/C32H46O2Si/c1-7-10-12-16-25-21-27(18-13-11-8-2)31(34-20-9-3)28(22-25)24-35(5,6)32-29-19-15-14-17-26(29)23-30(32)33-4/h9,14-15,17,19,21-23,32H,3,7-8,10-13,16,18,20,24H2,1-2,4-6H3. The molecule has 35 heavy (non-hydrogen) atoms. The van der Waals surface area contributed by atoms with Crippen LogP contribution in [0.15, 0.2) is 54.8 Å². The van der Waals surface area contributed by atoms with Crippen molar-refractivity contribution in [1.29, 1.82) is 0 Å². The van der Waals surface area contributed by atoms with Gasteiger partial charge in [0.15, 0.2) is 0 Å². The molecular weight excluding hydrogens is 444 g/mol.